The molecular formula is C20H20N2O3. The SMILES string of the molecule is COC(=O)CN(Cc1ccccc1C)C(=O)c1cc2ccccc2[nH]1. The lowest BCUT2D eigenvalue weighted by Gasteiger charge is -2.22. The summed E-state index contributed by atoms with van der Waals surface area (Å²) in [5.74, 6) is -0.678. The minimum absolute atomic E-state index is 0.0982. The number of aromatic amines is 1. The van der Waals surface area contributed by atoms with Crippen molar-refractivity contribution in [3.63, 3.8) is 0 Å². The third-order valence-corrected chi connectivity index (χ3v) is 4.22. The fourth-order valence-electron chi connectivity index (χ4n) is 2.77. The molecule has 0 spiro atoms. The maximum Gasteiger partial charge on any atom is 0.325 e. The number of fused-ring (bicyclic) bond motifs is 1. The van der Waals surface area contributed by atoms with E-state index < -0.39 is 5.97 Å². The van der Waals surface area contributed by atoms with Gasteiger partial charge in [-0.05, 0) is 30.2 Å². The maximum absolute atomic E-state index is 13.0. The van der Waals surface area contributed by atoms with Crippen LogP contribution >= 0.6 is 0 Å². The van der Waals surface area contributed by atoms with Crippen molar-refractivity contribution in [3.05, 3.63) is 71.4 Å². The quantitative estimate of drug-likeness (QED) is 0.727. The van der Waals surface area contributed by atoms with Crippen molar-refractivity contribution >= 4 is 22.8 Å². The van der Waals surface area contributed by atoms with Crippen LogP contribution in [0.3, 0.4) is 0 Å². The molecule has 1 heterocycles. The molecule has 25 heavy (non-hydrogen) atoms. The van der Waals surface area contributed by atoms with E-state index in [0.717, 1.165) is 22.0 Å². The number of carbonyl (C=O) groups is 2. The van der Waals surface area contributed by atoms with Gasteiger partial charge in [0.25, 0.3) is 5.91 Å². The van der Waals surface area contributed by atoms with E-state index in [-0.39, 0.29) is 12.5 Å². The third-order valence-electron chi connectivity index (χ3n) is 4.22. The Bertz CT molecular complexity index is 881. The molecule has 0 saturated heterocycles. The first-order valence-electron chi connectivity index (χ1n) is 8.07. The van der Waals surface area contributed by atoms with Crippen LogP contribution in [0.2, 0.25) is 0 Å². The van der Waals surface area contributed by atoms with E-state index in [1.807, 2.05) is 55.5 Å². The normalized spacial score (nSPS) is 10.6. The number of esters is 1. The Kier molecular flexibility index (Phi) is 4.84. The van der Waals surface area contributed by atoms with E-state index in [0.29, 0.717) is 12.2 Å². The van der Waals surface area contributed by atoms with Crippen LogP contribution in [0, 0.1) is 6.92 Å². The molecule has 0 aliphatic rings. The Morgan fingerprint density at radius 1 is 1.08 bits per heavy atom. The highest BCUT2D eigenvalue weighted by atomic mass is 16.5. The van der Waals surface area contributed by atoms with Crippen LogP contribution in [0.4, 0.5) is 0 Å². The molecule has 2 aromatic carbocycles. The van der Waals surface area contributed by atoms with Gasteiger partial charge in [-0.1, -0.05) is 42.5 Å². The topological polar surface area (TPSA) is 62.4 Å². The van der Waals surface area contributed by atoms with E-state index in [4.69, 9.17) is 4.74 Å². The molecule has 1 N–H and O–H groups in total. The highest BCUT2D eigenvalue weighted by Crippen LogP contribution is 2.18. The molecule has 5 heteroatoms. The van der Waals surface area contributed by atoms with Gasteiger partial charge < -0.3 is 14.6 Å². The number of para-hydroxylation sites is 1. The molecule has 0 atom stereocenters. The number of aromatic nitrogens is 1. The van der Waals surface area contributed by atoms with Gasteiger partial charge in [-0.2, -0.15) is 0 Å². The second kappa shape index (κ2) is 7.21. The minimum atomic E-state index is -0.446. The molecule has 0 unspecified atom stereocenters. The lowest BCUT2D eigenvalue weighted by molar-refractivity contribution is -0.141. The number of ether oxygens (including phenoxy) is 1. The molecule has 1 amide bonds. The van der Waals surface area contributed by atoms with Crippen molar-refractivity contribution in [1.82, 2.24) is 9.88 Å². The fraction of sp³-hybridized carbons (Fsp3) is 0.200. The lowest BCUT2D eigenvalue weighted by atomic mass is 10.1. The van der Waals surface area contributed by atoms with Crippen LogP contribution in [0.15, 0.2) is 54.6 Å². The van der Waals surface area contributed by atoms with Crippen molar-refractivity contribution in [3.8, 4) is 0 Å². The summed E-state index contributed by atoms with van der Waals surface area (Å²) in [4.78, 5) is 29.4. The van der Waals surface area contributed by atoms with Gasteiger partial charge >= 0.3 is 5.97 Å². The molecule has 0 aliphatic heterocycles. The summed E-state index contributed by atoms with van der Waals surface area (Å²) in [7, 11) is 1.32. The smallest absolute Gasteiger partial charge is 0.325 e. The Morgan fingerprint density at radius 2 is 1.80 bits per heavy atom. The van der Waals surface area contributed by atoms with Crippen molar-refractivity contribution in [2.75, 3.05) is 13.7 Å². The number of amides is 1. The van der Waals surface area contributed by atoms with Crippen LogP contribution in [0.5, 0.6) is 0 Å². The molecule has 1 aromatic heterocycles. The largest absolute Gasteiger partial charge is 0.468 e. The van der Waals surface area contributed by atoms with Gasteiger partial charge in [-0.15, -0.1) is 0 Å². The third kappa shape index (κ3) is 3.71. The van der Waals surface area contributed by atoms with Crippen LogP contribution in [-0.4, -0.2) is 35.4 Å². The van der Waals surface area contributed by atoms with Gasteiger partial charge in [0.15, 0.2) is 0 Å². The lowest BCUT2D eigenvalue weighted by Crippen LogP contribution is -2.36. The number of nitrogens with zero attached hydrogens (tertiary/aromatic N) is 1. The summed E-state index contributed by atoms with van der Waals surface area (Å²) in [6.45, 7) is 2.23. The Hall–Kier alpha value is -3.08. The fourth-order valence-corrected chi connectivity index (χ4v) is 2.77. The summed E-state index contributed by atoms with van der Waals surface area (Å²) < 4.78 is 4.75. The van der Waals surface area contributed by atoms with Gasteiger partial charge in [0.1, 0.15) is 12.2 Å². The minimum Gasteiger partial charge on any atom is -0.468 e. The molecule has 0 radical (unpaired) electrons. The Balaban J connectivity index is 1.91. The molecular weight excluding hydrogens is 316 g/mol. The van der Waals surface area contributed by atoms with Gasteiger partial charge in [0, 0.05) is 17.4 Å². The predicted octanol–water partition coefficient (Wildman–Crippen LogP) is 3.29. The second-order valence-corrected chi connectivity index (χ2v) is 5.93. The summed E-state index contributed by atoms with van der Waals surface area (Å²) in [6, 6.07) is 17.3. The Morgan fingerprint density at radius 3 is 2.52 bits per heavy atom. The first kappa shape index (κ1) is 16.8. The average molecular weight is 336 g/mol. The predicted molar refractivity (Wildman–Crippen MR) is 96.2 cm³/mol. The van der Waals surface area contributed by atoms with E-state index in [1.54, 1.807) is 6.07 Å². The van der Waals surface area contributed by atoms with Gasteiger partial charge in [0.2, 0.25) is 0 Å². The van der Waals surface area contributed by atoms with E-state index in [2.05, 4.69) is 4.98 Å². The van der Waals surface area contributed by atoms with E-state index in [9.17, 15) is 9.59 Å². The van der Waals surface area contributed by atoms with Gasteiger partial charge in [-0.3, -0.25) is 9.59 Å². The standard InChI is InChI=1S/C20H20N2O3/c1-14-7-3-4-9-16(14)12-22(13-19(23)25-2)20(24)18-11-15-8-5-6-10-17(15)21-18/h3-11,21H,12-13H2,1-2H3. The first-order valence-corrected chi connectivity index (χ1v) is 8.07. The van der Waals surface area contributed by atoms with Crippen molar-refractivity contribution in [2.45, 2.75) is 13.5 Å². The van der Waals surface area contributed by atoms with Crippen LogP contribution in [0.25, 0.3) is 10.9 Å². The molecule has 0 bridgehead atoms. The summed E-state index contributed by atoms with van der Waals surface area (Å²) in [5.41, 5.74) is 3.41. The van der Waals surface area contributed by atoms with Crippen LogP contribution < -0.4 is 0 Å². The molecule has 0 saturated carbocycles. The zero-order chi connectivity index (χ0) is 17.8. The van der Waals surface area contributed by atoms with E-state index in [1.165, 1.54) is 12.0 Å². The number of aryl methyl sites for hydroxylation is 1. The number of carbonyl (C=O) groups excluding carboxylic acids is 2. The zero-order valence-electron chi connectivity index (χ0n) is 14.3. The number of H-pyrrole nitrogens is 1. The first-order chi connectivity index (χ1) is 12.1. The number of nitrogens with one attached hydrogen (secondary N) is 1. The highest BCUT2D eigenvalue weighted by molar-refractivity contribution is 5.99. The number of hydrogen-bond acceptors (Lipinski definition) is 3. The Labute approximate surface area is 146 Å². The van der Waals surface area contributed by atoms with Crippen molar-refractivity contribution in [1.29, 1.82) is 0 Å². The summed E-state index contributed by atoms with van der Waals surface area (Å²) >= 11 is 0. The molecule has 5 nitrogen and oxygen atoms in total. The number of methoxy groups -OCH3 is 1. The molecule has 0 fully saturated rings. The summed E-state index contributed by atoms with van der Waals surface area (Å²) in [5, 5.41) is 0.958. The molecule has 0 aliphatic carbocycles. The monoisotopic (exact) mass is 336 g/mol. The zero-order valence-corrected chi connectivity index (χ0v) is 14.3. The molecule has 3 aromatic rings. The van der Waals surface area contributed by atoms with Gasteiger partial charge in [0.05, 0.1) is 7.11 Å². The van der Waals surface area contributed by atoms with E-state index >= 15 is 0 Å². The van der Waals surface area contributed by atoms with Crippen molar-refractivity contribution < 1.29 is 14.3 Å². The van der Waals surface area contributed by atoms with Gasteiger partial charge in [-0.25, -0.2) is 0 Å². The molecule has 3 rings (SSSR count). The number of benzene rings is 2. The number of hydrogen-bond donors (Lipinski definition) is 1. The van der Waals surface area contributed by atoms with Crippen LogP contribution in [0.1, 0.15) is 21.6 Å². The van der Waals surface area contributed by atoms with Crippen molar-refractivity contribution in [2.24, 2.45) is 0 Å². The average Bonchev–Trinajstić information content (AvgIpc) is 3.06. The maximum atomic E-state index is 13.0. The molecule has 128 valence electrons. The van der Waals surface area contributed by atoms with Crippen LogP contribution in [-0.2, 0) is 16.1 Å². The highest BCUT2D eigenvalue weighted by Gasteiger charge is 2.21. The second-order valence-electron chi connectivity index (χ2n) is 5.93. The summed E-state index contributed by atoms with van der Waals surface area (Å²) in [6.07, 6.45) is 0. The number of rotatable bonds is 5.